The third-order valence-electron chi connectivity index (χ3n) is 3.74. The lowest BCUT2D eigenvalue weighted by Crippen LogP contribution is -2.48. The van der Waals surface area contributed by atoms with Crippen LogP contribution >= 0.6 is 0 Å². The van der Waals surface area contributed by atoms with Crippen LogP contribution in [0, 0.1) is 5.92 Å². The van der Waals surface area contributed by atoms with E-state index in [4.69, 9.17) is 9.47 Å². The fourth-order valence-electron chi connectivity index (χ4n) is 2.31. The Hall–Kier alpha value is -3.02. The maximum atomic E-state index is 12.5. The molecule has 2 aromatic carbocycles. The molecule has 0 aromatic heterocycles. The normalized spacial score (nSPS) is 11.5. The maximum absolute atomic E-state index is 12.5. The number of hydrogen-bond donors (Lipinski definition) is 2. The van der Waals surface area contributed by atoms with Crippen molar-refractivity contribution in [2.75, 3.05) is 19.0 Å². The zero-order valence-electron chi connectivity index (χ0n) is 15.2. The van der Waals surface area contributed by atoms with Gasteiger partial charge >= 0.3 is 0 Å². The number of anilines is 1. The van der Waals surface area contributed by atoms with Crippen molar-refractivity contribution in [1.82, 2.24) is 5.32 Å². The summed E-state index contributed by atoms with van der Waals surface area (Å²) in [5.41, 5.74) is 0.635. The van der Waals surface area contributed by atoms with Crippen molar-refractivity contribution in [2.24, 2.45) is 5.92 Å². The van der Waals surface area contributed by atoms with Gasteiger partial charge in [0.2, 0.25) is 5.91 Å². The number of rotatable bonds is 8. The van der Waals surface area contributed by atoms with E-state index < -0.39 is 6.04 Å². The Morgan fingerprint density at radius 3 is 2.19 bits per heavy atom. The van der Waals surface area contributed by atoms with Gasteiger partial charge in [-0.2, -0.15) is 0 Å². The standard InChI is InChI=1S/C20H24N2O4/c1-14(2)19(20(24)21-15-9-11-16(25-3)12-10-15)22-18(23)13-26-17-7-5-4-6-8-17/h4-12,14,19H,13H2,1-3H3,(H,21,24)(H,22,23). The van der Waals surface area contributed by atoms with Crippen molar-refractivity contribution >= 4 is 17.5 Å². The van der Waals surface area contributed by atoms with Crippen molar-refractivity contribution in [3.63, 3.8) is 0 Å². The molecule has 26 heavy (non-hydrogen) atoms. The highest BCUT2D eigenvalue weighted by Gasteiger charge is 2.24. The molecule has 0 aliphatic rings. The van der Waals surface area contributed by atoms with E-state index >= 15 is 0 Å². The average molecular weight is 356 g/mol. The lowest BCUT2D eigenvalue weighted by molar-refractivity contribution is -0.128. The molecule has 0 spiro atoms. The SMILES string of the molecule is COc1ccc(NC(=O)C(NC(=O)COc2ccccc2)C(C)C)cc1. The number of para-hydroxylation sites is 1. The zero-order valence-corrected chi connectivity index (χ0v) is 15.2. The van der Waals surface area contributed by atoms with E-state index in [-0.39, 0.29) is 24.3 Å². The van der Waals surface area contributed by atoms with E-state index in [2.05, 4.69) is 10.6 Å². The fraction of sp³-hybridized carbons (Fsp3) is 0.300. The first-order valence-corrected chi connectivity index (χ1v) is 8.41. The first kappa shape index (κ1) is 19.3. The lowest BCUT2D eigenvalue weighted by atomic mass is 10.0. The first-order valence-electron chi connectivity index (χ1n) is 8.41. The molecule has 0 aliphatic heterocycles. The molecule has 2 aromatic rings. The molecule has 0 saturated carbocycles. The number of methoxy groups -OCH3 is 1. The van der Waals surface area contributed by atoms with Crippen LogP contribution in [0.2, 0.25) is 0 Å². The molecule has 6 nitrogen and oxygen atoms in total. The predicted molar refractivity (Wildman–Crippen MR) is 100 cm³/mol. The summed E-state index contributed by atoms with van der Waals surface area (Å²) in [7, 11) is 1.58. The Morgan fingerprint density at radius 2 is 1.62 bits per heavy atom. The quantitative estimate of drug-likeness (QED) is 0.762. The Balaban J connectivity index is 1.91. The number of amides is 2. The van der Waals surface area contributed by atoms with Gasteiger partial charge in [-0.05, 0) is 42.3 Å². The van der Waals surface area contributed by atoms with Crippen molar-refractivity contribution in [2.45, 2.75) is 19.9 Å². The van der Waals surface area contributed by atoms with Crippen molar-refractivity contribution in [3.8, 4) is 11.5 Å². The second-order valence-corrected chi connectivity index (χ2v) is 6.11. The second-order valence-electron chi connectivity index (χ2n) is 6.11. The van der Waals surface area contributed by atoms with E-state index in [1.807, 2.05) is 32.0 Å². The summed E-state index contributed by atoms with van der Waals surface area (Å²) < 4.78 is 10.5. The zero-order chi connectivity index (χ0) is 18.9. The van der Waals surface area contributed by atoms with E-state index in [9.17, 15) is 9.59 Å². The van der Waals surface area contributed by atoms with Crippen LogP contribution in [0.25, 0.3) is 0 Å². The molecule has 0 saturated heterocycles. The molecule has 2 rings (SSSR count). The van der Waals surface area contributed by atoms with Crippen LogP contribution in [0.15, 0.2) is 54.6 Å². The van der Waals surface area contributed by atoms with E-state index in [1.54, 1.807) is 43.5 Å². The first-order chi connectivity index (χ1) is 12.5. The molecule has 0 radical (unpaired) electrons. The fourth-order valence-corrected chi connectivity index (χ4v) is 2.31. The highest BCUT2D eigenvalue weighted by Crippen LogP contribution is 2.16. The summed E-state index contributed by atoms with van der Waals surface area (Å²) in [6.45, 7) is 3.59. The molecular weight excluding hydrogens is 332 g/mol. The monoisotopic (exact) mass is 356 g/mol. The van der Waals surface area contributed by atoms with Crippen LogP contribution in [0.5, 0.6) is 11.5 Å². The highest BCUT2D eigenvalue weighted by atomic mass is 16.5. The van der Waals surface area contributed by atoms with Crippen molar-refractivity contribution < 1.29 is 19.1 Å². The van der Waals surface area contributed by atoms with Gasteiger partial charge in [0.25, 0.3) is 5.91 Å². The van der Waals surface area contributed by atoms with Crippen molar-refractivity contribution in [3.05, 3.63) is 54.6 Å². The number of hydrogen-bond acceptors (Lipinski definition) is 4. The minimum Gasteiger partial charge on any atom is -0.497 e. The topological polar surface area (TPSA) is 76.7 Å². The Labute approximate surface area is 153 Å². The number of carbonyl (C=O) groups excluding carboxylic acids is 2. The Morgan fingerprint density at radius 1 is 0.962 bits per heavy atom. The Bertz CT molecular complexity index is 714. The van der Waals surface area contributed by atoms with Gasteiger partial charge in [-0.15, -0.1) is 0 Å². The largest absolute Gasteiger partial charge is 0.497 e. The van der Waals surface area contributed by atoms with E-state index in [0.29, 0.717) is 17.2 Å². The van der Waals surface area contributed by atoms with Crippen LogP contribution in [0.3, 0.4) is 0 Å². The second kappa shape index (κ2) is 9.46. The molecule has 2 N–H and O–H groups in total. The van der Waals surface area contributed by atoms with Crippen LogP contribution < -0.4 is 20.1 Å². The van der Waals surface area contributed by atoms with Gasteiger partial charge in [-0.1, -0.05) is 32.0 Å². The minimum atomic E-state index is -0.663. The van der Waals surface area contributed by atoms with E-state index in [0.717, 1.165) is 0 Å². The van der Waals surface area contributed by atoms with Gasteiger partial charge in [0, 0.05) is 5.69 Å². The summed E-state index contributed by atoms with van der Waals surface area (Å²) in [5, 5.41) is 5.53. The van der Waals surface area contributed by atoms with Crippen LogP contribution in [0.4, 0.5) is 5.69 Å². The number of ether oxygens (including phenoxy) is 2. The molecule has 1 unspecified atom stereocenters. The molecule has 138 valence electrons. The average Bonchev–Trinajstić information content (AvgIpc) is 2.65. The van der Waals surface area contributed by atoms with Gasteiger partial charge in [-0.3, -0.25) is 9.59 Å². The molecular formula is C20H24N2O4. The van der Waals surface area contributed by atoms with Crippen LogP contribution in [0.1, 0.15) is 13.8 Å². The third-order valence-corrected chi connectivity index (χ3v) is 3.74. The number of carbonyl (C=O) groups is 2. The lowest BCUT2D eigenvalue weighted by Gasteiger charge is -2.22. The number of benzene rings is 2. The Kier molecular flexibility index (Phi) is 7.02. The van der Waals surface area contributed by atoms with Gasteiger partial charge in [0.1, 0.15) is 17.5 Å². The van der Waals surface area contributed by atoms with Gasteiger partial charge in [0.05, 0.1) is 7.11 Å². The van der Waals surface area contributed by atoms with Crippen LogP contribution in [-0.4, -0.2) is 31.6 Å². The molecule has 0 bridgehead atoms. The summed E-state index contributed by atoms with van der Waals surface area (Å²) in [5.74, 6) is 0.603. The summed E-state index contributed by atoms with van der Waals surface area (Å²) in [6, 6.07) is 15.4. The molecule has 0 aliphatic carbocycles. The third kappa shape index (κ3) is 5.81. The van der Waals surface area contributed by atoms with Crippen LogP contribution in [-0.2, 0) is 9.59 Å². The summed E-state index contributed by atoms with van der Waals surface area (Å²) in [6.07, 6.45) is 0. The molecule has 0 heterocycles. The molecule has 6 heteroatoms. The van der Waals surface area contributed by atoms with Gasteiger partial charge < -0.3 is 20.1 Å². The molecule has 1 atom stereocenters. The molecule has 0 fully saturated rings. The maximum Gasteiger partial charge on any atom is 0.258 e. The highest BCUT2D eigenvalue weighted by molar-refractivity contribution is 5.97. The minimum absolute atomic E-state index is 0.0751. The van der Waals surface area contributed by atoms with Crippen molar-refractivity contribution in [1.29, 1.82) is 0 Å². The van der Waals surface area contributed by atoms with E-state index in [1.165, 1.54) is 0 Å². The smallest absolute Gasteiger partial charge is 0.258 e. The number of nitrogens with one attached hydrogen (secondary N) is 2. The molecule has 2 amide bonds. The summed E-state index contributed by atoms with van der Waals surface area (Å²) in [4.78, 5) is 24.7. The summed E-state index contributed by atoms with van der Waals surface area (Å²) >= 11 is 0. The van der Waals surface area contributed by atoms with Gasteiger partial charge in [0.15, 0.2) is 6.61 Å². The predicted octanol–water partition coefficient (Wildman–Crippen LogP) is 2.85. The van der Waals surface area contributed by atoms with Gasteiger partial charge in [-0.25, -0.2) is 0 Å².